The highest BCUT2D eigenvalue weighted by Crippen LogP contribution is 2.26. The van der Waals surface area contributed by atoms with Crippen LogP contribution < -0.4 is 0 Å². The molecule has 0 radical (unpaired) electrons. The Kier molecular flexibility index (Phi) is 4.29. The van der Waals surface area contributed by atoms with E-state index in [1.54, 1.807) is 7.11 Å². The van der Waals surface area contributed by atoms with Crippen LogP contribution in [-0.2, 0) is 9.53 Å². The van der Waals surface area contributed by atoms with Crippen molar-refractivity contribution in [1.82, 2.24) is 9.80 Å². The number of carbonyl (C=O) groups is 2. The molecule has 2 heterocycles. The van der Waals surface area contributed by atoms with E-state index >= 15 is 0 Å². The SMILES string of the molecule is CCC1CCCN1C(=O)N1CC(OC)CC1C(=O)O. The van der Waals surface area contributed by atoms with Crippen molar-refractivity contribution >= 4 is 12.0 Å². The van der Waals surface area contributed by atoms with Crippen molar-refractivity contribution in [2.75, 3.05) is 20.2 Å². The predicted molar refractivity (Wildman–Crippen MR) is 69.0 cm³/mol. The van der Waals surface area contributed by atoms with E-state index in [1.165, 1.54) is 4.90 Å². The Bertz CT molecular complexity index is 361. The molecule has 0 aromatic heterocycles. The second kappa shape index (κ2) is 5.77. The number of rotatable bonds is 3. The summed E-state index contributed by atoms with van der Waals surface area (Å²) >= 11 is 0. The zero-order valence-corrected chi connectivity index (χ0v) is 11.5. The lowest BCUT2D eigenvalue weighted by atomic mass is 10.2. The summed E-state index contributed by atoms with van der Waals surface area (Å²) in [6.07, 6.45) is 3.14. The van der Waals surface area contributed by atoms with Gasteiger partial charge in [0.15, 0.2) is 0 Å². The van der Waals surface area contributed by atoms with Gasteiger partial charge >= 0.3 is 12.0 Å². The molecule has 2 aliphatic rings. The lowest BCUT2D eigenvalue weighted by molar-refractivity contribution is -0.141. The smallest absolute Gasteiger partial charge is 0.326 e. The summed E-state index contributed by atoms with van der Waals surface area (Å²) in [4.78, 5) is 27.1. The van der Waals surface area contributed by atoms with E-state index in [4.69, 9.17) is 4.74 Å². The Morgan fingerprint density at radius 3 is 2.68 bits per heavy atom. The molecule has 6 nitrogen and oxygen atoms in total. The number of aliphatic carboxylic acids is 1. The van der Waals surface area contributed by atoms with Crippen LogP contribution in [0.25, 0.3) is 0 Å². The summed E-state index contributed by atoms with van der Waals surface area (Å²) in [7, 11) is 1.56. The number of hydrogen-bond acceptors (Lipinski definition) is 3. The van der Waals surface area contributed by atoms with Crippen LogP contribution in [0.15, 0.2) is 0 Å². The molecule has 2 fully saturated rings. The highest BCUT2D eigenvalue weighted by atomic mass is 16.5. The van der Waals surface area contributed by atoms with Crippen LogP contribution in [-0.4, -0.2) is 65.3 Å². The molecular formula is C13H22N2O4. The van der Waals surface area contributed by atoms with Crippen LogP contribution in [0.2, 0.25) is 0 Å². The zero-order chi connectivity index (χ0) is 14.0. The van der Waals surface area contributed by atoms with Crippen LogP contribution in [0.4, 0.5) is 4.79 Å². The molecule has 19 heavy (non-hydrogen) atoms. The van der Waals surface area contributed by atoms with Gasteiger partial charge in [0, 0.05) is 32.7 Å². The number of urea groups is 1. The molecule has 0 aliphatic carbocycles. The Morgan fingerprint density at radius 2 is 2.11 bits per heavy atom. The number of amides is 2. The van der Waals surface area contributed by atoms with Gasteiger partial charge in [-0.2, -0.15) is 0 Å². The first kappa shape index (κ1) is 14.1. The highest BCUT2D eigenvalue weighted by Gasteiger charge is 2.43. The first-order chi connectivity index (χ1) is 9.08. The number of ether oxygens (including phenoxy) is 1. The fraction of sp³-hybridized carbons (Fsp3) is 0.846. The van der Waals surface area contributed by atoms with Gasteiger partial charge in [0.25, 0.3) is 0 Å². The van der Waals surface area contributed by atoms with E-state index in [0.717, 1.165) is 25.8 Å². The van der Waals surface area contributed by atoms with Gasteiger partial charge in [-0.05, 0) is 19.3 Å². The fourth-order valence-electron chi connectivity index (χ4n) is 3.09. The van der Waals surface area contributed by atoms with Gasteiger partial charge in [-0.3, -0.25) is 0 Å². The van der Waals surface area contributed by atoms with Gasteiger partial charge in [-0.1, -0.05) is 6.92 Å². The summed E-state index contributed by atoms with van der Waals surface area (Å²) in [5, 5.41) is 9.24. The molecule has 0 bridgehead atoms. The molecule has 0 aromatic carbocycles. The van der Waals surface area contributed by atoms with Gasteiger partial charge in [0.1, 0.15) is 6.04 Å². The van der Waals surface area contributed by atoms with Crippen molar-refractivity contribution in [1.29, 1.82) is 0 Å². The molecule has 2 rings (SSSR count). The number of carboxylic acid groups (broad SMARTS) is 1. The van der Waals surface area contributed by atoms with Gasteiger partial charge in [0.2, 0.25) is 0 Å². The molecule has 0 saturated carbocycles. The van der Waals surface area contributed by atoms with Crippen molar-refractivity contribution in [3.8, 4) is 0 Å². The number of carboxylic acids is 1. The van der Waals surface area contributed by atoms with Gasteiger partial charge < -0.3 is 19.6 Å². The van der Waals surface area contributed by atoms with E-state index in [9.17, 15) is 14.7 Å². The normalized spacial score (nSPS) is 30.9. The summed E-state index contributed by atoms with van der Waals surface area (Å²) < 4.78 is 5.21. The van der Waals surface area contributed by atoms with Crippen LogP contribution in [0.3, 0.4) is 0 Å². The summed E-state index contributed by atoms with van der Waals surface area (Å²) in [5.41, 5.74) is 0. The first-order valence-corrected chi connectivity index (χ1v) is 6.91. The van der Waals surface area contributed by atoms with E-state index in [1.807, 2.05) is 4.90 Å². The van der Waals surface area contributed by atoms with E-state index in [0.29, 0.717) is 13.0 Å². The number of nitrogens with zero attached hydrogens (tertiary/aromatic N) is 2. The molecule has 3 unspecified atom stereocenters. The minimum absolute atomic E-state index is 0.142. The molecule has 3 atom stereocenters. The third-order valence-electron chi connectivity index (χ3n) is 4.22. The van der Waals surface area contributed by atoms with Crippen molar-refractivity contribution in [3.05, 3.63) is 0 Å². The van der Waals surface area contributed by atoms with Crippen LogP contribution in [0.5, 0.6) is 0 Å². The lowest BCUT2D eigenvalue weighted by Gasteiger charge is -2.31. The number of likely N-dealkylation sites (tertiary alicyclic amines) is 2. The Balaban J connectivity index is 2.10. The van der Waals surface area contributed by atoms with Gasteiger partial charge in [0.05, 0.1) is 6.10 Å². The van der Waals surface area contributed by atoms with Crippen molar-refractivity contribution < 1.29 is 19.4 Å². The van der Waals surface area contributed by atoms with Crippen LogP contribution >= 0.6 is 0 Å². The Hall–Kier alpha value is -1.30. The molecule has 2 amide bonds. The van der Waals surface area contributed by atoms with Gasteiger partial charge in [-0.25, -0.2) is 9.59 Å². The molecular weight excluding hydrogens is 248 g/mol. The maximum atomic E-state index is 12.5. The second-order valence-corrected chi connectivity index (χ2v) is 5.28. The maximum absolute atomic E-state index is 12.5. The third-order valence-corrected chi connectivity index (χ3v) is 4.22. The number of carbonyl (C=O) groups excluding carboxylic acids is 1. The Morgan fingerprint density at radius 1 is 1.37 bits per heavy atom. The highest BCUT2D eigenvalue weighted by molar-refractivity contribution is 5.83. The average Bonchev–Trinajstić information content (AvgIpc) is 3.03. The van der Waals surface area contributed by atoms with Crippen LogP contribution in [0, 0.1) is 0 Å². The van der Waals surface area contributed by atoms with Crippen molar-refractivity contribution in [2.24, 2.45) is 0 Å². The molecule has 0 spiro atoms. The monoisotopic (exact) mass is 270 g/mol. The lowest BCUT2D eigenvalue weighted by Crippen LogP contribution is -2.49. The Labute approximate surface area is 113 Å². The standard InChI is InChI=1S/C13H22N2O4/c1-3-9-5-4-6-14(9)13(18)15-8-10(19-2)7-11(15)12(16)17/h9-11H,3-8H2,1-2H3,(H,16,17). The van der Waals surface area contributed by atoms with Gasteiger partial charge in [-0.15, -0.1) is 0 Å². The summed E-state index contributed by atoms with van der Waals surface area (Å²) in [6, 6.07) is -0.643. The zero-order valence-electron chi connectivity index (χ0n) is 11.5. The summed E-state index contributed by atoms with van der Waals surface area (Å²) in [6.45, 7) is 3.17. The van der Waals surface area contributed by atoms with E-state index in [2.05, 4.69) is 6.92 Å². The molecule has 108 valence electrons. The molecule has 0 aromatic rings. The number of hydrogen-bond donors (Lipinski definition) is 1. The fourth-order valence-corrected chi connectivity index (χ4v) is 3.09. The number of methoxy groups -OCH3 is 1. The predicted octanol–water partition coefficient (Wildman–Crippen LogP) is 1.15. The average molecular weight is 270 g/mol. The second-order valence-electron chi connectivity index (χ2n) is 5.28. The summed E-state index contributed by atoms with van der Waals surface area (Å²) in [5.74, 6) is -0.944. The van der Waals surface area contributed by atoms with E-state index in [-0.39, 0.29) is 18.2 Å². The molecule has 2 saturated heterocycles. The first-order valence-electron chi connectivity index (χ1n) is 6.91. The van der Waals surface area contributed by atoms with Crippen molar-refractivity contribution in [2.45, 2.75) is 50.8 Å². The largest absolute Gasteiger partial charge is 0.480 e. The third kappa shape index (κ3) is 2.68. The molecule has 1 N–H and O–H groups in total. The quantitative estimate of drug-likeness (QED) is 0.835. The minimum atomic E-state index is -0.944. The van der Waals surface area contributed by atoms with Crippen molar-refractivity contribution in [3.63, 3.8) is 0 Å². The topological polar surface area (TPSA) is 70.1 Å². The maximum Gasteiger partial charge on any atom is 0.326 e. The minimum Gasteiger partial charge on any atom is -0.480 e. The molecule has 2 aliphatic heterocycles. The van der Waals surface area contributed by atoms with E-state index < -0.39 is 12.0 Å². The molecule has 6 heteroatoms. The van der Waals surface area contributed by atoms with Crippen LogP contribution in [0.1, 0.15) is 32.6 Å².